The Bertz CT molecular complexity index is 691. The van der Waals surface area contributed by atoms with E-state index >= 15 is 0 Å². The monoisotopic (exact) mass is 371 g/mol. The molecule has 146 valence electrons. The van der Waals surface area contributed by atoms with Gasteiger partial charge >= 0.3 is 5.97 Å². The highest BCUT2D eigenvalue weighted by Crippen LogP contribution is 2.55. The Morgan fingerprint density at radius 2 is 2.11 bits per heavy atom. The van der Waals surface area contributed by atoms with Gasteiger partial charge in [-0.1, -0.05) is 30.3 Å². The maximum absolute atomic E-state index is 12.9. The standard InChI is InChI=1S/C22H29NO4/c1-26-21(25)11-5-9-16-10-6-14-22-18(16)12-13-20(24)23(22)19(15-27-22)17-7-3-2-4-8-17/h2-4,7-8,16,18-19H,5-6,9-15H2,1H3/t16-,18+,19+,22+/m1/s1. The van der Waals surface area contributed by atoms with Crippen molar-refractivity contribution in [2.75, 3.05) is 13.7 Å². The molecule has 3 aliphatic rings. The van der Waals surface area contributed by atoms with Crippen LogP contribution >= 0.6 is 0 Å². The SMILES string of the molecule is COC(=O)CCC[C@@H]1CCC[C@@]23OC[C@@H](c4ccccc4)N2C(=O)CC[C@@H]13. The first kappa shape index (κ1) is 18.5. The van der Waals surface area contributed by atoms with Crippen molar-refractivity contribution in [3.63, 3.8) is 0 Å². The second kappa shape index (κ2) is 7.63. The first-order valence-electron chi connectivity index (χ1n) is 10.2. The van der Waals surface area contributed by atoms with Gasteiger partial charge in [0.1, 0.15) is 5.72 Å². The van der Waals surface area contributed by atoms with Gasteiger partial charge in [0.25, 0.3) is 0 Å². The summed E-state index contributed by atoms with van der Waals surface area (Å²) in [6.45, 7) is 0.584. The molecule has 5 heteroatoms. The van der Waals surface area contributed by atoms with Gasteiger partial charge in [-0.05, 0) is 50.0 Å². The summed E-state index contributed by atoms with van der Waals surface area (Å²) in [5, 5.41) is 0. The highest BCUT2D eigenvalue weighted by atomic mass is 16.5. The largest absolute Gasteiger partial charge is 0.469 e. The van der Waals surface area contributed by atoms with Crippen LogP contribution in [0.25, 0.3) is 0 Å². The maximum atomic E-state index is 12.9. The summed E-state index contributed by atoms with van der Waals surface area (Å²) in [6, 6.07) is 10.3. The first-order valence-corrected chi connectivity index (χ1v) is 10.2. The predicted octanol–water partition coefficient (Wildman–Crippen LogP) is 3.84. The average Bonchev–Trinajstić information content (AvgIpc) is 3.09. The normalized spacial score (nSPS) is 32.7. The molecule has 4 atom stereocenters. The molecular formula is C22H29NO4. The number of methoxy groups -OCH3 is 1. The van der Waals surface area contributed by atoms with Crippen LogP contribution in [0.2, 0.25) is 0 Å². The summed E-state index contributed by atoms with van der Waals surface area (Å²) in [7, 11) is 1.44. The molecule has 0 bridgehead atoms. The quantitative estimate of drug-likeness (QED) is 0.738. The maximum Gasteiger partial charge on any atom is 0.305 e. The van der Waals surface area contributed by atoms with Gasteiger partial charge in [-0.3, -0.25) is 9.59 Å². The van der Waals surface area contributed by atoms with Crippen molar-refractivity contribution in [2.45, 2.75) is 63.1 Å². The zero-order valence-electron chi connectivity index (χ0n) is 16.1. The number of amides is 1. The van der Waals surface area contributed by atoms with Crippen LogP contribution in [-0.4, -0.2) is 36.2 Å². The van der Waals surface area contributed by atoms with Crippen LogP contribution in [0.1, 0.15) is 63.0 Å². The Hall–Kier alpha value is -1.88. The Balaban J connectivity index is 1.54. The smallest absolute Gasteiger partial charge is 0.305 e. The molecule has 0 radical (unpaired) electrons. The van der Waals surface area contributed by atoms with Gasteiger partial charge in [0.2, 0.25) is 5.91 Å². The lowest BCUT2D eigenvalue weighted by molar-refractivity contribution is -0.195. The van der Waals surface area contributed by atoms with Crippen LogP contribution in [0, 0.1) is 11.8 Å². The minimum absolute atomic E-state index is 0.0234. The molecule has 1 amide bonds. The van der Waals surface area contributed by atoms with Gasteiger partial charge in [0, 0.05) is 18.8 Å². The van der Waals surface area contributed by atoms with Crippen molar-refractivity contribution in [3.05, 3.63) is 35.9 Å². The third-order valence-electron chi connectivity index (χ3n) is 6.77. The Labute approximate surface area is 161 Å². The van der Waals surface area contributed by atoms with Gasteiger partial charge in [-0.15, -0.1) is 0 Å². The second-order valence-corrected chi connectivity index (χ2v) is 8.11. The van der Waals surface area contributed by atoms with E-state index in [1.807, 2.05) is 18.2 Å². The average molecular weight is 371 g/mol. The van der Waals surface area contributed by atoms with Crippen LogP contribution in [0.3, 0.4) is 0 Å². The summed E-state index contributed by atoms with van der Waals surface area (Å²) in [6.07, 6.45) is 7.00. The minimum Gasteiger partial charge on any atom is -0.469 e. The summed E-state index contributed by atoms with van der Waals surface area (Å²) >= 11 is 0. The molecule has 0 aromatic heterocycles. The summed E-state index contributed by atoms with van der Waals surface area (Å²) < 4.78 is 11.3. The third-order valence-corrected chi connectivity index (χ3v) is 6.77. The number of benzene rings is 1. The second-order valence-electron chi connectivity index (χ2n) is 8.11. The Kier molecular flexibility index (Phi) is 5.22. The number of carbonyl (C=O) groups excluding carboxylic acids is 2. The summed E-state index contributed by atoms with van der Waals surface area (Å²) in [4.78, 5) is 26.5. The number of carbonyl (C=O) groups is 2. The minimum atomic E-state index is -0.440. The molecule has 2 heterocycles. The van der Waals surface area contributed by atoms with Gasteiger partial charge in [0.05, 0.1) is 19.8 Å². The van der Waals surface area contributed by atoms with Crippen LogP contribution in [-0.2, 0) is 19.1 Å². The van der Waals surface area contributed by atoms with Gasteiger partial charge in [-0.25, -0.2) is 0 Å². The zero-order valence-corrected chi connectivity index (χ0v) is 16.1. The number of ether oxygens (including phenoxy) is 2. The molecule has 1 aliphatic carbocycles. The molecule has 2 saturated heterocycles. The molecule has 4 rings (SSSR count). The van der Waals surface area contributed by atoms with Crippen LogP contribution in [0.4, 0.5) is 0 Å². The fourth-order valence-electron chi connectivity index (χ4n) is 5.60. The van der Waals surface area contributed by atoms with Crippen molar-refractivity contribution in [3.8, 4) is 0 Å². The van der Waals surface area contributed by atoms with E-state index in [-0.39, 0.29) is 17.9 Å². The lowest BCUT2D eigenvalue weighted by Gasteiger charge is -2.53. The molecular weight excluding hydrogens is 342 g/mol. The lowest BCUT2D eigenvalue weighted by atomic mass is 9.67. The highest BCUT2D eigenvalue weighted by Gasteiger charge is 2.59. The van der Waals surface area contributed by atoms with E-state index in [1.54, 1.807) is 0 Å². The van der Waals surface area contributed by atoms with E-state index in [0.29, 0.717) is 31.3 Å². The number of esters is 1. The molecule has 1 saturated carbocycles. The first-order chi connectivity index (χ1) is 13.2. The van der Waals surface area contributed by atoms with E-state index in [2.05, 4.69) is 17.0 Å². The van der Waals surface area contributed by atoms with E-state index in [9.17, 15) is 9.59 Å². The topological polar surface area (TPSA) is 55.8 Å². The highest BCUT2D eigenvalue weighted by molar-refractivity contribution is 5.79. The van der Waals surface area contributed by atoms with Crippen LogP contribution in [0.5, 0.6) is 0 Å². The van der Waals surface area contributed by atoms with Crippen molar-refractivity contribution in [1.82, 2.24) is 4.90 Å². The van der Waals surface area contributed by atoms with Crippen molar-refractivity contribution >= 4 is 11.9 Å². The predicted molar refractivity (Wildman–Crippen MR) is 101 cm³/mol. The fourth-order valence-corrected chi connectivity index (χ4v) is 5.60. The van der Waals surface area contributed by atoms with E-state index in [1.165, 1.54) is 7.11 Å². The number of hydrogen-bond acceptors (Lipinski definition) is 4. The van der Waals surface area contributed by atoms with Gasteiger partial charge in [-0.2, -0.15) is 0 Å². The molecule has 3 fully saturated rings. The number of rotatable bonds is 5. The summed E-state index contributed by atoms with van der Waals surface area (Å²) in [5.41, 5.74) is 0.723. The molecule has 27 heavy (non-hydrogen) atoms. The molecule has 2 aliphatic heterocycles. The number of piperidine rings is 1. The molecule has 1 aromatic rings. The Morgan fingerprint density at radius 3 is 2.89 bits per heavy atom. The molecule has 5 nitrogen and oxygen atoms in total. The molecule has 0 N–H and O–H groups in total. The van der Waals surface area contributed by atoms with Gasteiger partial charge < -0.3 is 14.4 Å². The molecule has 1 aromatic carbocycles. The van der Waals surface area contributed by atoms with Crippen molar-refractivity contribution in [1.29, 1.82) is 0 Å². The van der Waals surface area contributed by atoms with Crippen molar-refractivity contribution < 1.29 is 19.1 Å². The van der Waals surface area contributed by atoms with Gasteiger partial charge in [0.15, 0.2) is 0 Å². The van der Waals surface area contributed by atoms with E-state index in [4.69, 9.17) is 9.47 Å². The van der Waals surface area contributed by atoms with Crippen LogP contribution in [0.15, 0.2) is 30.3 Å². The van der Waals surface area contributed by atoms with Crippen molar-refractivity contribution in [2.24, 2.45) is 11.8 Å². The number of hydrogen-bond donors (Lipinski definition) is 0. The Morgan fingerprint density at radius 1 is 1.30 bits per heavy atom. The van der Waals surface area contributed by atoms with E-state index in [0.717, 1.165) is 44.1 Å². The fraction of sp³-hybridized carbons (Fsp3) is 0.636. The molecule has 0 unspecified atom stereocenters. The number of nitrogens with zero attached hydrogens (tertiary/aromatic N) is 1. The third kappa shape index (κ3) is 3.27. The summed E-state index contributed by atoms with van der Waals surface area (Å²) in [5.74, 6) is 0.971. The lowest BCUT2D eigenvalue weighted by Crippen LogP contribution is -2.60. The zero-order chi connectivity index (χ0) is 18.9. The van der Waals surface area contributed by atoms with E-state index < -0.39 is 5.72 Å². The molecule has 1 spiro atoms. The van der Waals surface area contributed by atoms with Crippen LogP contribution < -0.4 is 0 Å².